The molecule has 1 aromatic rings. The summed E-state index contributed by atoms with van der Waals surface area (Å²) >= 11 is 0. The highest BCUT2D eigenvalue weighted by Gasteiger charge is 2.40. The first-order valence-electron chi connectivity index (χ1n) is 9.88. The molecule has 0 radical (unpaired) electrons. The van der Waals surface area contributed by atoms with Crippen molar-refractivity contribution in [2.24, 2.45) is 0 Å². The third-order valence-electron chi connectivity index (χ3n) is 6.81. The zero-order valence-corrected chi connectivity index (χ0v) is 17.1. The van der Waals surface area contributed by atoms with Crippen LogP contribution in [0.1, 0.15) is 112 Å². The number of carbonyl (C=O) groups is 2. The van der Waals surface area contributed by atoms with Crippen LogP contribution in [-0.2, 0) is 10.8 Å². The minimum absolute atomic E-state index is 0.0136. The van der Waals surface area contributed by atoms with Gasteiger partial charge in [-0.15, -0.1) is 0 Å². The lowest BCUT2D eigenvalue weighted by Gasteiger charge is -2.41. The Bertz CT molecular complexity index is 636. The van der Waals surface area contributed by atoms with Gasteiger partial charge in [-0.3, -0.25) is 0 Å². The fraction of sp³-hybridized carbons (Fsp3) is 0.636. The minimum Gasteiger partial charge on any atom is -0.478 e. The van der Waals surface area contributed by atoms with Crippen LogP contribution in [0.5, 0.6) is 0 Å². The summed E-state index contributed by atoms with van der Waals surface area (Å²) in [6.07, 6.45) is 5.03. The van der Waals surface area contributed by atoms with E-state index >= 15 is 0 Å². The third-order valence-corrected chi connectivity index (χ3v) is 6.81. The van der Waals surface area contributed by atoms with Gasteiger partial charge in [-0.25, -0.2) is 9.59 Å². The Kier molecular flexibility index (Phi) is 7.43. The van der Waals surface area contributed by atoms with E-state index in [1.807, 2.05) is 6.07 Å². The van der Waals surface area contributed by atoms with E-state index in [1.54, 1.807) is 0 Å². The summed E-state index contributed by atoms with van der Waals surface area (Å²) in [5, 5.41) is 19.6. The topological polar surface area (TPSA) is 74.6 Å². The molecule has 0 atom stereocenters. The average Bonchev–Trinajstić information content (AvgIpc) is 2.65. The second-order valence-electron chi connectivity index (χ2n) is 7.20. The molecule has 146 valence electrons. The fourth-order valence-electron chi connectivity index (χ4n) is 4.60. The van der Waals surface area contributed by atoms with Crippen molar-refractivity contribution in [1.82, 2.24) is 0 Å². The van der Waals surface area contributed by atoms with Gasteiger partial charge in [-0.1, -0.05) is 47.6 Å². The molecule has 0 aliphatic heterocycles. The van der Waals surface area contributed by atoms with Crippen LogP contribution in [-0.4, -0.2) is 22.2 Å². The lowest BCUT2D eigenvalue weighted by molar-refractivity contribution is 0.0648. The zero-order chi connectivity index (χ0) is 20.1. The molecule has 2 N–H and O–H groups in total. The molecule has 4 nitrogen and oxygen atoms in total. The summed E-state index contributed by atoms with van der Waals surface area (Å²) < 4.78 is 0. The SMILES string of the molecule is CCC(CC)(CC)c1ccc(C(=O)O)c(C(=O)O)c1C(CC)(CC)CC. The first kappa shape index (κ1) is 22.2. The van der Waals surface area contributed by atoms with Gasteiger partial charge in [0.1, 0.15) is 0 Å². The number of hydrogen-bond acceptors (Lipinski definition) is 2. The second-order valence-corrected chi connectivity index (χ2v) is 7.20. The van der Waals surface area contributed by atoms with Gasteiger partial charge in [-0.2, -0.15) is 0 Å². The Morgan fingerprint density at radius 1 is 0.731 bits per heavy atom. The van der Waals surface area contributed by atoms with Crippen molar-refractivity contribution in [3.8, 4) is 0 Å². The number of benzene rings is 1. The third kappa shape index (κ3) is 3.51. The van der Waals surface area contributed by atoms with Crippen LogP contribution >= 0.6 is 0 Å². The highest BCUT2D eigenvalue weighted by atomic mass is 16.4. The van der Waals surface area contributed by atoms with Gasteiger partial charge in [-0.05, 0) is 66.5 Å². The van der Waals surface area contributed by atoms with Gasteiger partial charge in [0, 0.05) is 0 Å². The first-order chi connectivity index (χ1) is 12.2. The van der Waals surface area contributed by atoms with E-state index in [9.17, 15) is 19.8 Å². The normalized spacial score (nSPS) is 12.2. The van der Waals surface area contributed by atoms with Crippen LogP contribution in [0.4, 0.5) is 0 Å². The van der Waals surface area contributed by atoms with Gasteiger partial charge in [0.05, 0.1) is 11.1 Å². The van der Waals surface area contributed by atoms with E-state index in [-0.39, 0.29) is 22.0 Å². The van der Waals surface area contributed by atoms with Crippen molar-refractivity contribution in [2.75, 3.05) is 0 Å². The van der Waals surface area contributed by atoms with Crippen molar-refractivity contribution in [3.05, 3.63) is 34.4 Å². The lowest BCUT2D eigenvalue weighted by atomic mass is 9.62. The molecular weight excluding hydrogens is 328 g/mol. The van der Waals surface area contributed by atoms with E-state index in [0.717, 1.165) is 49.7 Å². The molecule has 0 heterocycles. The van der Waals surface area contributed by atoms with E-state index in [1.165, 1.54) is 6.07 Å². The average molecular weight is 363 g/mol. The van der Waals surface area contributed by atoms with Crippen LogP contribution in [0.3, 0.4) is 0 Å². The molecule has 0 fully saturated rings. The Hall–Kier alpha value is -1.84. The molecule has 4 heteroatoms. The zero-order valence-electron chi connectivity index (χ0n) is 17.1. The van der Waals surface area contributed by atoms with Crippen molar-refractivity contribution in [2.45, 2.75) is 90.9 Å². The smallest absolute Gasteiger partial charge is 0.336 e. The van der Waals surface area contributed by atoms with Crippen molar-refractivity contribution >= 4 is 11.9 Å². The van der Waals surface area contributed by atoms with Gasteiger partial charge in [0.2, 0.25) is 0 Å². The van der Waals surface area contributed by atoms with Crippen LogP contribution in [0.2, 0.25) is 0 Å². The summed E-state index contributed by atoms with van der Waals surface area (Å²) in [6.45, 7) is 12.6. The molecule has 1 aromatic carbocycles. The summed E-state index contributed by atoms with van der Waals surface area (Å²) in [7, 11) is 0. The Balaban J connectivity index is 4.15. The maximum atomic E-state index is 12.2. The largest absolute Gasteiger partial charge is 0.478 e. The van der Waals surface area contributed by atoms with E-state index < -0.39 is 11.9 Å². The van der Waals surface area contributed by atoms with Gasteiger partial charge in [0.15, 0.2) is 0 Å². The van der Waals surface area contributed by atoms with Crippen molar-refractivity contribution in [1.29, 1.82) is 0 Å². The standard InChI is InChI=1S/C22H34O4/c1-7-21(8-2,9-3)16-14-13-15(19(23)24)17(20(25)26)18(16)22(10-4,11-5)12-6/h13-14H,7-12H2,1-6H3,(H,23,24)(H,25,26). The summed E-state index contributed by atoms with van der Waals surface area (Å²) in [6, 6.07) is 3.38. The molecule has 26 heavy (non-hydrogen) atoms. The quantitative estimate of drug-likeness (QED) is 0.534. The van der Waals surface area contributed by atoms with Crippen LogP contribution in [0, 0.1) is 0 Å². The Morgan fingerprint density at radius 2 is 1.15 bits per heavy atom. The molecule has 0 bridgehead atoms. The molecule has 0 spiro atoms. The molecular formula is C22H34O4. The van der Waals surface area contributed by atoms with Crippen LogP contribution in [0.15, 0.2) is 12.1 Å². The fourth-order valence-corrected chi connectivity index (χ4v) is 4.60. The monoisotopic (exact) mass is 362 g/mol. The Labute approximate surface area is 157 Å². The number of carboxylic acid groups (broad SMARTS) is 2. The molecule has 0 saturated carbocycles. The molecule has 0 aliphatic rings. The van der Waals surface area contributed by atoms with Gasteiger partial charge < -0.3 is 10.2 Å². The number of aromatic carboxylic acids is 2. The van der Waals surface area contributed by atoms with Gasteiger partial charge >= 0.3 is 11.9 Å². The number of rotatable bonds is 10. The molecule has 1 rings (SSSR count). The summed E-state index contributed by atoms with van der Waals surface area (Å²) in [4.78, 5) is 24.0. The Morgan fingerprint density at radius 3 is 1.46 bits per heavy atom. The number of hydrogen-bond donors (Lipinski definition) is 2. The second kappa shape index (κ2) is 8.70. The predicted octanol–water partition coefficient (Wildman–Crippen LogP) is 6.02. The summed E-state index contributed by atoms with van der Waals surface area (Å²) in [5.74, 6) is -2.32. The van der Waals surface area contributed by atoms with Crippen LogP contribution < -0.4 is 0 Å². The van der Waals surface area contributed by atoms with Gasteiger partial charge in [0.25, 0.3) is 0 Å². The predicted molar refractivity (Wildman–Crippen MR) is 105 cm³/mol. The molecule has 0 aromatic heterocycles. The number of carboxylic acids is 2. The maximum absolute atomic E-state index is 12.2. The van der Waals surface area contributed by atoms with Crippen molar-refractivity contribution in [3.63, 3.8) is 0 Å². The highest BCUT2D eigenvalue weighted by Crippen LogP contribution is 2.47. The molecule has 0 amide bonds. The van der Waals surface area contributed by atoms with Crippen LogP contribution in [0.25, 0.3) is 0 Å². The van der Waals surface area contributed by atoms with E-state index in [0.29, 0.717) is 0 Å². The highest BCUT2D eigenvalue weighted by molar-refractivity contribution is 6.03. The minimum atomic E-state index is -1.18. The molecule has 0 saturated heterocycles. The lowest BCUT2D eigenvalue weighted by Crippen LogP contribution is -2.35. The first-order valence-corrected chi connectivity index (χ1v) is 9.88. The molecule has 0 unspecified atom stereocenters. The van der Waals surface area contributed by atoms with Crippen molar-refractivity contribution < 1.29 is 19.8 Å². The van der Waals surface area contributed by atoms with E-state index in [4.69, 9.17) is 0 Å². The molecule has 0 aliphatic carbocycles. The summed E-state index contributed by atoms with van der Waals surface area (Å²) in [5.41, 5.74) is 1.19. The van der Waals surface area contributed by atoms with E-state index in [2.05, 4.69) is 41.5 Å². The maximum Gasteiger partial charge on any atom is 0.336 e.